The van der Waals surface area contributed by atoms with Gasteiger partial charge in [-0.1, -0.05) is 61.2 Å². The maximum absolute atomic E-state index is 14.0. The number of carbonyl (C=O) groups is 1. The summed E-state index contributed by atoms with van der Waals surface area (Å²) in [6, 6.07) is 18.1. The van der Waals surface area contributed by atoms with Crippen LogP contribution in [0.15, 0.2) is 78.3 Å². The van der Waals surface area contributed by atoms with Gasteiger partial charge in [0.05, 0.1) is 24.9 Å². The molecule has 0 aromatic heterocycles. The van der Waals surface area contributed by atoms with Crippen molar-refractivity contribution in [3.05, 3.63) is 101 Å². The number of methoxy groups -OCH3 is 1. The summed E-state index contributed by atoms with van der Waals surface area (Å²) in [5, 5.41) is 8.88. The smallest absolute Gasteiger partial charge is 0.417 e. The van der Waals surface area contributed by atoms with Crippen LogP contribution in [-0.4, -0.2) is 42.6 Å². The number of carboxylic acid groups (broad SMARTS) is 1. The van der Waals surface area contributed by atoms with Crippen LogP contribution in [0.2, 0.25) is 0 Å². The number of likely N-dealkylation sites (N-methyl/N-ethyl adjacent to an activating group) is 1. The lowest BCUT2D eigenvalue weighted by molar-refractivity contribution is -0.138. The van der Waals surface area contributed by atoms with Crippen molar-refractivity contribution in [2.75, 3.05) is 20.7 Å². The van der Waals surface area contributed by atoms with E-state index in [4.69, 9.17) is 9.84 Å². The van der Waals surface area contributed by atoms with Crippen LogP contribution in [0, 0.1) is 6.92 Å². The molecule has 0 fully saturated rings. The molecule has 0 bridgehead atoms. The minimum absolute atomic E-state index is 0.00658. The maximum atomic E-state index is 14.0. The van der Waals surface area contributed by atoms with E-state index in [2.05, 4.69) is 11.6 Å². The molecule has 0 aliphatic carbocycles. The van der Waals surface area contributed by atoms with Gasteiger partial charge in [0.1, 0.15) is 0 Å². The highest BCUT2D eigenvalue weighted by Gasteiger charge is 2.34. The van der Waals surface area contributed by atoms with Crippen LogP contribution >= 0.6 is 0 Å². The first-order valence-corrected chi connectivity index (χ1v) is 11.1. The second-order valence-electron chi connectivity index (χ2n) is 8.40. The molecular weight excluding hydrogens is 469 g/mol. The van der Waals surface area contributed by atoms with E-state index in [-0.39, 0.29) is 23.6 Å². The van der Waals surface area contributed by atoms with Gasteiger partial charge >= 0.3 is 12.1 Å². The van der Waals surface area contributed by atoms with Crippen LogP contribution in [0.25, 0.3) is 16.8 Å². The highest BCUT2D eigenvalue weighted by Crippen LogP contribution is 2.39. The summed E-state index contributed by atoms with van der Waals surface area (Å²) < 4.78 is 47.4. The van der Waals surface area contributed by atoms with Gasteiger partial charge in [-0.25, -0.2) is 4.99 Å². The fourth-order valence-electron chi connectivity index (χ4n) is 3.84. The van der Waals surface area contributed by atoms with Crippen LogP contribution in [0.1, 0.15) is 27.8 Å². The standard InChI is InChI=1S/C28H27F3N2O3/c1-18-7-5-6-8-23(18)24-14-13-22(15-25(24)28(29,30)31)27(36-4)32-19(2)21-11-9-20(10-12-21)16-33(3)17-26(34)35/h5-15H,2,16-17H2,1,3-4H3,(H,34,35)/b32-27-. The quantitative estimate of drug-likeness (QED) is 0.295. The minimum Gasteiger partial charge on any atom is -0.481 e. The van der Waals surface area contributed by atoms with Gasteiger partial charge in [-0.05, 0) is 53.9 Å². The number of ether oxygens (including phenoxy) is 1. The van der Waals surface area contributed by atoms with E-state index >= 15 is 0 Å². The molecule has 0 radical (unpaired) electrons. The van der Waals surface area contributed by atoms with E-state index in [0.717, 1.165) is 17.2 Å². The van der Waals surface area contributed by atoms with E-state index in [9.17, 15) is 18.0 Å². The summed E-state index contributed by atoms with van der Waals surface area (Å²) >= 11 is 0. The molecule has 0 heterocycles. The summed E-state index contributed by atoms with van der Waals surface area (Å²) in [6.07, 6.45) is -4.58. The Morgan fingerprint density at radius 1 is 1.03 bits per heavy atom. The highest BCUT2D eigenvalue weighted by atomic mass is 19.4. The van der Waals surface area contributed by atoms with Crippen LogP contribution in [0.4, 0.5) is 13.2 Å². The Labute approximate surface area is 208 Å². The van der Waals surface area contributed by atoms with Crippen LogP contribution in [-0.2, 0) is 22.3 Å². The summed E-state index contributed by atoms with van der Waals surface area (Å²) in [6.45, 7) is 6.07. The summed E-state index contributed by atoms with van der Waals surface area (Å²) in [5.41, 5.74) is 2.59. The Morgan fingerprint density at radius 2 is 1.67 bits per heavy atom. The SMILES string of the molecule is C=C(/N=C(\OC)c1ccc(-c2ccccc2C)c(C(F)(F)F)c1)c1ccc(CN(C)CC(=O)O)cc1. The predicted octanol–water partition coefficient (Wildman–Crippen LogP) is 6.26. The number of hydrogen-bond acceptors (Lipinski definition) is 4. The predicted molar refractivity (Wildman–Crippen MR) is 135 cm³/mol. The van der Waals surface area contributed by atoms with Gasteiger partial charge in [-0.3, -0.25) is 9.69 Å². The van der Waals surface area contributed by atoms with E-state index in [1.54, 1.807) is 61.3 Å². The van der Waals surface area contributed by atoms with Crippen LogP contribution < -0.4 is 0 Å². The molecule has 8 heteroatoms. The minimum atomic E-state index is -4.58. The third kappa shape index (κ3) is 6.60. The van der Waals surface area contributed by atoms with Crippen LogP contribution in [0.5, 0.6) is 0 Å². The zero-order chi connectivity index (χ0) is 26.5. The number of carboxylic acids is 1. The van der Waals surface area contributed by atoms with Crippen molar-refractivity contribution < 1.29 is 27.8 Å². The van der Waals surface area contributed by atoms with Crippen molar-refractivity contribution in [3.8, 4) is 11.1 Å². The van der Waals surface area contributed by atoms with Gasteiger partial charge in [-0.15, -0.1) is 0 Å². The first-order chi connectivity index (χ1) is 17.0. The van der Waals surface area contributed by atoms with Crippen molar-refractivity contribution in [3.63, 3.8) is 0 Å². The largest absolute Gasteiger partial charge is 0.481 e. The van der Waals surface area contributed by atoms with Gasteiger partial charge in [0.25, 0.3) is 0 Å². The van der Waals surface area contributed by atoms with E-state index < -0.39 is 17.7 Å². The lowest BCUT2D eigenvalue weighted by atomic mass is 9.94. The zero-order valence-electron chi connectivity index (χ0n) is 20.3. The van der Waals surface area contributed by atoms with E-state index in [0.29, 0.717) is 23.4 Å². The molecule has 3 aromatic carbocycles. The van der Waals surface area contributed by atoms with Crippen LogP contribution in [0.3, 0.4) is 0 Å². The van der Waals surface area contributed by atoms with Crippen molar-refractivity contribution in [2.45, 2.75) is 19.6 Å². The number of aliphatic carboxylic acids is 1. The molecule has 1 N–H and O–H groups in total. The number of hydrogen-bond donors (Lipinski definition) is 1. The molecule has 3 rings (SSSR count). The number of aliphatic imine (C=N–C) groups is 1. The number of nitrogens with zero attached hydrogens (tertiary/aromatic N) is 2. The second-order valence-corrected chi connectivity index (χ2v) is 8.40. The molecule has 5 nitrogen and oxygen atoms in total. The summed E-state index contributed by atoms with van der Waals surface area (Å²) in [7, 11) is 3.05. The van der Waals surface area contributed by atoms with Gasteiger partial charge in [0.2, 0.25) is 5.90 Å². The Kier molecular flexibility index (Phi) is 8.32. The fraction of sp³-hybridized carbons (Fsp3) is 0.214. The van der Waals surface area contributed by atoms with Crippen molar-refractivity contribution in [1.82, 2.24) is 4.90 Å². The maximum Gasteiger partial charge on any atom is 0.417 e. The zero-order valence-corrected chi connectivity index (χ0v) is 20.3. The molecule has 0 atom stereocenters. The van der Waals surface area contributed by atoms with Crippen molar-refractivity contribution in [1.29, 1.82) is 0 Å². The molecule has 0 saturated carbocycles. The molecule has 0 unspecified atom stereocenters. The number of aryl methyl sites for hydroxylation is 1. The second kappa shape index (κ2) is 11.2. The normalized spacial score (nSPS) is 12.0. The number of halogens is 3. The average Bonchev–Trinajstić information content (AvgIpc) is 2.82. The van der Waals surface area contributed by atoms with E-state index in [1.807, 2.05) is 12.1 Å². The molecule has 0 amide bonds. The Hall–Kier alpha value is -3.91. The lowest BCUT2D eigenvalue weighted by Crippen LogP contribution is -2.25. The van der Waals surface area contributed by atoms with E-state index in [1.165, 1.54) is 13.2 Å². The average molecular weight is 497 g/mol. The molecule has 3 aromatic rings. The number of benzene rings is 3. The molecule has 188 valence electrons. The molecule has 0 aliphatic heterocycles. The molecule has 0 spiro atoms. The highest BCUT2D eigenvalue weighted by molar-refractivity contribution is 5.98. The topological polar surface area (TPSA) is 62.1 Å². The molecule has 0 saturated heterocycles. The molecule has 36 heavy (non-hydrogen) atoms. The van der Waals surface area contributed by atoms with Crippen molar-refractivity contribution >= 4 is 17.6 Å². The Morgan fingerprint density at radius 3 is 2.25 bits per heavy atom. The van der Waals surface area contributed by atoms with Crippen molar-refractivity contribution in [2.24, 2.45) is 4.99 Å². The Balaban J connectivity index is 1.90. The summed E-state index contributed by atoms with van der Waals surface area (Å²) in [4.78, 5) is 16.8. The van der Waals surface area contributed by atoms with Gasteiger partial charge < -0.3 is 9.84 Å². The first kappa shape index (κ1) is 26.7. The number of rotatable bonds is 8. The first-order valence-electron chi connectivity index (χ1n) is 11.1. The molecule has 0 aliphatic rings. The number of alkyl halides is 3. The summed E-state index contributed by atoms with van der Waals surface area (Å²) in [5.74, 6) is -0.906. The monoisotopic (exact) mass is 496 g/mol. The third-order valence-electron chi connectivity index (χ3n) is 5.58. The molecular formula is C28H27F3N2O3. The third-order valence-corrected chi connectivity index (χ3v) is 5.58. The fourth-order valence-corrected chi connectivity index (χ4v) is 3.84. The van der Waals surface area contributed by atoms with Gasteiger partial charge in [0.15, 0.2) is 0 Å². The van der Waals surface area contributed by atoms with Gasteiger partial charge in [0, 0.05) is 12.1 Å². The lowest BCUT2D eigenvalue weighted by Gasteiger charge is -2.17. The Bertz CT molecular complexity index is 1280. The van der Waals surface area contributed by atoms with Gasteiger partial charge in [-0.2, -0.15) is 13.2 Å².